The lowest BCUT2D eigenvalue weighted by Crippen LogP contribution is -2.29. The van der Waals surface area contributed by atoms with E-state index in [2.05, 4.69) is 5.32 Å². The average molecular weight is 446 g/mol. The third-order valence-electron chi connectivity index (χ3n) is 5.67. The van der Waals surface area contributed by atoms with E-state index in [-0.39, 0.29) is 16.8 Å². The van der Waals surface area contributed by atoms with Gasteiger partial charge >= 0.3 is 0 Å². The molecule has 158 valence electrons. The largest absolute Gasteiger partial charge is 0.344 e. The lowest BCUT2D eigenvalue weighted by Gasteiger charge is -2.18. The van der Waals surface area contributed by atoms with Gasteiger partial charge in [-0.25, -0.2) is 8.42 Å². The highest BCUT2D eigenvalue weighted by Crippen LogP contribution is 2.25. The van der Waals surface area contributed by atoms with E-state index in [1.54, 1.807) is 30.3 Å². The van der Waals surface area contributed by atoms with Gasteiger partial charge in [-0.3, -0.25) is 4.79 Å². The van der Waals surface area contributed by atoms with E-state index >= 15 is 0 Å². The Labute approximate surface area is 181 Å². The van der Waals surface area contributed by atoms with Crippen molar-refractivity contribution in [3.8, 4) is 0 Å². The van der Waals surface area contributed by atoms with Crippen LogP contribution in [-0.2, 0) is 17.1 Å². The van der Waals surface area contributed by atoms with Gasteiger partial charge in [-0.15, -0.1) is 0 Å². The summed E-state index contributed by atoms with van der Waals surface area (Å²) < 4.78 is 28.7. The van der Waals surface area contributed by atoms with Crippen LogP contribution >= 0.6 is 11.6 Å². The molecule has 1 unspecified atom stereocenters. The molecule has 4 rings (SSSR count). The Balaban J connectivity index is 1.50. The number of halogens is 1. The van der Waals surface area contributed by atoms with Crippen LogP contribution in [0.4, 0.5) is 0 Å². The SMILES string of the molecule is CC(NC(=O)c1cc2ccc(Cl)cc2n1C)c1ccc(S(=O)(=O)N2CCCC2)cc1. The number of aryl methyl sites for hydroxylation is 1. The lowest BCUT2D eigenvalue weighted by molar-refractivity contribution is 0.0932. The molecular weight excluding hydrogens is 422 g/mol. The molecule has 0 saturated carbocycles. The van der Waals surface area contributed by atoms with Gasteiger partial charge in [-0.2, -0.15) is 4.31 Å². The first-order valence-electron chi connectivity index (χ1n) is 9.93. The van der Waals surface area contributed by atoms with Crippen LogP contribution in [0.15, 0.2) is 53.4 Å². The predicted molar refractivity (Wildman–Crippen MR) is 118 cm³/mol. The van der Waals surface area contributed by atoms with Gasteiger partial charge in [0.1, 0.15) is 5.69 Å². The molecule has 1 aliphatic heterocycles. The fourth-order valence-electron chi connectivity index (χ4n) is 3.88. The fraction of sp³-hybridized carbons (Fsp3) is 0.318. The molecule has 0 spiro atoms. The monoisotopic (exact) mass is 445 g/mol. The van der Waals surface area contributed by atoms with Gasteiger partial charge < -0.3 is 9.88 Å². The van der Waals surface area contributed by atoms with Gasteiger partial charge in [-0.1, -0.05) is 29.8 Å². The summed E-state index contributed by atoms with van der Waals surface area (Å²) >= 11 is 6.07. The third kappa shape index (κ3) is 3.85. The minimum atomic E-state index is -3.44. The molecule has 8 heteroatoms. The van der Waals surface area contributed by atoms with Crippen LogP contribution in [0.2, 0.25) is 5.02 Å². The molecule has 0 radical (unpaired) electrons. The maximum atomic E-state index is 12.8. The van der Waals surface area contributed by atoms with Crippen molar-refractivity contribution < 1.29 is 13.2 Å². The Morgan fingerprint density at radius 3 is 2.40 bits per heavy atom. The molecule has 0 bridgehead atoms. The Morgan fingerprint density at radius 1 is 1.07 bits per heavy atom. The Bertz CT molecular complexity index is 1200. The first-order chi connectivity index (χ1) is 14.3. The second-order valence-electron chi connectivity index (χ2n) is 7.67. The maximum absolute atomic E-state index is 12.8. The molecule has 0 aliphatic carbocycles. The predicted octanol–water partition coefficient (Wildman–Crippen LogP) is 4.11. The molecule has 1 N–H and O–H groups in total. The molecule has 1 atom stereocenters. The van der Waals surface area contributed by atoms with Crippen molar-refractivity contribution in [2.45, 2.75) is 30.7 Å². The lowest BCUT2D eigenvalue weighted by atomic mass is 10.1. The molecule has 30 heavy (non-hydrogen) atoms. The standard InChI is InChI=1S/C22H24ClN3O3S/c1-15(16-6-9-19(10-7-16)30(28,29)26-11-3-4-12-26)24-22(27)21-13-17-5-8-18(23)14-20(17)25(21)2/h5-10,13-15H,3-4,11-12H2,1-2H3,(H,24,27). The molecule has 1 saturated heterocycles. The first kappa shape index (κ1) is 20.9. The average Bonchev–Trinajstić information content (AvgIpc) is 3.37. The number of sulfonamides is 1. The molecule has 2 heterocycles. The minimum Gasteiger partial charge on any atom is -0.344 e. The van der Waals surface area contributed by atoms with Crippen molar-refractivity contribution in [3.05, 3.63) is 64.8 Å². The van der Waals surface area contributed by atoms with E-state index in [1.165, 1.54) is 4.31 Å². The summed E-state index contributed by atoms with van der Waals surface area (Å²) in [5.74, 6) is -0.203. The number of amides is 1. The molecule has 2 aromatic carbocycles. The van der Waals surface area contributed by atoms with Crippen molar-refractivity contribution in [3.63, 3.8) is 0 Å². The van der Waals surface area contributed by atoms with E-state index in [0.717, 1.165) is 29.3 Å². The van der Waals surface area contributed by atoms with Gasteiger partial charge in [0, 0.05) is 36.1 Å². The molecule has 6 nitrogen and oxygen atoms in total. The highest BCUT2D eigenvalue weighted by atomic mass is 35.5. The third-order valence-corrected chi connectivity index (χ3v) is 7.82. The molecule has 1 aromatic heterocycles. The summed E-state index contributed by atoms with van der Waals surface area (Å²) in [6.07, 6.45) is 1.81. The van der Waals surface area contributed by atoms with Crippen molar-refractivity contribution in [2.24, 2.45) is 7.05 Å². The molecule has 1 fully saturated rings. The van der Waals surface area contributed by atoms with Gasteiger partial charge in [0.05, 0.1) is 10.9 Å². The summed E-state index contributed by atoms with van der Waals surface area (Å²) in [5, 5.41) is 4.55. The highest BCUT2D eigenvalue weighted by Gasteiger charge is 2.27. The van der Waals surface area contributed by atoms with Gasteiger partial charge in [0.25, 0.3) is 5.91 Å². The highest BCUT2D eigenvalue weighted by molar-refractivity contribution is 7.89. The summed E-state index contributed by atoms with van der Waals surface area (Å²) in [7, 11) is -1.61. The maximum Gasteiger partial charge on any atom is 0.268 e. The van der Waals surface area contributed by atoms with E-state index in [0.29, 0.717) is 23.8 Å². The topological polar surface area (TPSA) is 71.4 Å². The number of aromatic nitrogens is 1. The van der Waals surface area contributed by atoms with E-state index in [1.807, 2.05) is 36.7 Å². The van der Waals surface area contributed by atoms with Crippen molar-refractivity contribution >= 4 is 38.4 Å². The second-order valence-corrected chi connectivity index (χ2v) is 10.0. The number of benzene rings is 2. The Morgan fingerprint density at radius 2 is 1.73 bits per heavy atom. The Hall–Kier alpha value is -2.35. The van der Waals surface area contributed by atoms with Crippen LogP contribution in [0.1, 0.15) is 41.9 Å². The van der Waals surface area contributed by atoms with E-state index in [9.17, 15) is 13.2 Å². The fourth-order valence-corrected chi connectivity index (χ4v) is 5.56. The van der Waals surface area contributed by atoms with Gasteiger partial charge in [0.15, 0.2) is 0 Å². The number of carbonyl (C=O) groups excluding carboxylic acids is 1. The van der Waals surface area contributed by atoms with Crippen LogP contribution in [0.25, 0.3) is 10.9 Å². The molecular formula is C22H24ClN3O3S. The number of rotatable bonds is 5. The number of hydrogen-bond donors (Lipinski definition) is 1. The minimum absolute atomic E-state index is 0.203. The normalized spacial score (nSPS) is 16.1. The summed E-state index contributed by atoms with van der Waals surface area (Å²) in [4.78, 5) is 13.1. The smallest absolute Gasteiger partial charge is 0.268 e. The van der Waals surface area contributed by atoms with Crippen molar-refractivity contribution in [1.82, 2.24) is 14.2 Å². The van der Waals surface area contributed by atoms with Gasteiger partial charge in [-0.05, 0) is 55.7 Å². The molecule has 1 aliphatic rings. The number of hydrogen-bond acceptors (Lipinski definition) is 3. The second kappa shape index (κ2) is 8.06. The zero-order chi connectivity index (χ0) is 21.5. The van der Waals surface area contributed by atoms with Crippen LogP contribution in [-0.4, -0.2) is 36.3 Å². The quantitative estimate of drug-likeness (QED) is 0.642. The van der Waals surface area contributed by atoms with Crippen LogP contribution in [0.5, 0.6) is 0 Å². The molecule has 1 amide bonds. The Kier molecular flexibility index (Phi) is 5.61. The van der Waals surface area contributed by atoms with Crippen LogP contribution < -0.4 is 5.32 Å². The zero-order valence-corrected chi connectivity index (χ0v) is 18.5. The first-order valence-corrected chi connectivity index (χ1v) is 11.7. The van der Waals surface area contributed by atoms with Crippen LogP contribution in [0.3, 0.4) is 0 Å². The number of nitrogens with one attached hydrogen (secondary N) is 1. The summed E-state index contributed by atoms with van der Waals surface area (Å²) in [6, 6.07) is 13.8. The summed E-state index contributed by atoms with van der Waals surface area (Å²) in [6.45, 7) is 3.03. The van der Waals surface area contributed by atoms with Gasteiger partial charge in [0.2, 0.25) is 10.0 Å². The van der Waals surface area contributed by atoms with Crippen molar-refractivity contribution in [2.75, 3.05) is 13.1 Å². The van der Waals surface area contributed by atoms with E-state index < -0.39 is 10.0 Å². The molecule has 3 aromatic rings. The van der Waals surface area contributed by atoms with Crippen LogP contribution in [0, 0.1) is 0 Å². The number of nitrogens with zero attached hydrogens (tertiary/aromatic N) is 2. The number of carbonyl (C=O) groups is 1. The van der Waals surface area contributed by atoms with Crippen molar-refractivity contribution in [1.29, 1.82) is 0 Å². The number of fused-ring (bicyclic) bond motifs is 1. The summed E-state index contributed by atoms with van der Waals surface area (Å²) in [5.41, 5.74) is 2.26. The van der Waals surface area contributed by atoms with E-state index in [4.69, 9.17) is 11.6 Å². The zero-order valence-electron chi connectivity index (χ0n) is 16.9.